The van der Waals surface area contributed by atoms with E-state index in [4.69, 9.17) is 5.73 Å². The van der Waals surface area contributed by atoms with Crippen molar-refractivity contribution in [3.8, 4) is 5.69 Å². The van der Waals surface area contributed by atoms with Crippen LogP contribution in [0.25, 0.3) is 16.7 Å². The van der Waals surface area contributed by atoms with Gasteiger partial charge in [0.15, 0.2) is 11.0 Å². The lowest BCUT2D eigenvalue weighted by molar-refractivity contribution is -0.567. The lowest BCUT2D eigenvalue weighted by atomic mass is 10.2. The van der Waals surface area contributed by atoms with E-state index in [-0.39, 0.29) is 0 Å². The van der Waals surface area contributed by atoms with Crippen LogP contribution in [0.3, 0.4) is 0 Å². The molecule has 0 spiro atoms. The van der Waals surface area contributed by atoms with Gasteiger partial charge in [0.1, 0.15) is 5.69 Å². The Balaban J connectivity index is 2.24. The summed E-state index contributed by atoms with van der Waals surface area (Å²) in [7, 11) is 0. The number of rotatable bonds is 2. The van der Waals surface area contributed by atoms with Crippen LogP contribution < -0.4 is 10.3 Å². The minimum atomic E-state index is -0.419. The summed E-state index contributed by atoms with van der Waals surface area (Å²) in [6, 6.07) is 15.3. The van der Waals surface area contributed by atoms with Crippen molar-refractivity contribution in [1.29, 1.82) is 0 Å². The van der Waals surface area contributed by atoms with Gasteiger partial charge >= 0.3 is 0 Å². The summed E-state index contributed by atoms with van der Waals surface area (Å²) in [6.07, 6.45) is 1.87. The summed E-state index contributed by atoms with van der Waals surface area (Å²) < 4.78 is 1.99. The number of hydrogen-bond donors (Lipinski definition) is 2. The Morgan fingerprint density at radius 1 is 1.11 bits per heavy atom. The fraction of sp³-hybridized carbons (Fsp3) is 0. The summed E-state index contributed by atoms with van der Waals surface area (Å²) in [5.41, 5.74) is 8.73. The smallest absolute Gasteiger partial charge is 0.248 e. The second kappa shape index (κ2) is 4.00. The van der Waals surface area contributed by atoms with E-state index in [1.165, 1.54) is 0 Å². The molecule has 1 heterocycles. The van der Waals surface area contributed by atoms with Crippen LogP contribution in [-0.2, 0) is 0 Å². The number of nitrogens with zero attached hydrogens (tertiary/aromatic N) is 1. The molecule has 18 heavy (non-hydrogen) atoms. The highest BCUT2D eigenvalue weighted by molar-refractivity contribution is 5.95. The number of hydrogen-bond acceptors (Lipinski definition) is 1. The standard InChI is InChI=1S/C14H11N3O/c15-14(18)10-6-7-12-13(8-10)17(9-16-12)11-4-2-1-3-5-11/h1-9H,(H2,15,18)/p+1. The zero-order chi connectivity index (χ0) is 12.5. The van der Waals surface area contributed by atoms with Crippen LogP contribution in [0.1, 0.15) is 10.4 Å². The molecule has 2 aromatic carbocycles. The largest absolute Gasteiger partial charge is 0.366 e. The van der Waals surface area contributed by atoms with Crippen molar-refractivity contribution in [2.75, 3.05) is 0 Å². The third-order valence-corrected chi connectivity index (χ3v) is 2.93. The lowest BCUT2D eigenvalue weighted by Gasteiger charge is -1.97. The fourth-order valence-corrected chi connectivity index (χ4v) is 2.01. The fourth-order valence-electron chi connectivity index (χ4n) is 2.01. The quantitative estimate of drug-likeness (QED) is 0.654. The molecule has 0 aliphatic rings. The van der Waals surface area contributed by atoms with Crippen LogP contribution in [0, 0.1) is 0 Å². The normalized spacial score (nSPS) is 10.7. The molecular weight excluding hydrogens is 226 g/mol. The first-order valence-corrected chi connectivity index (χ1v) is 5.64. The highest BCUT2D eigenvalue weighted by atomic mass is 16.1. The van der Waals surface area contributed by atoms with Gasteiger partial charge in [0, 0.05) is 11.6 Å². The van der Waals surface area contributed by atoms with Crippen molar-refractivity contribution in [2.24, 2.45) is 5.73 Å². The van der Waals surface area contributed by atoms with E-state index in [2.05, 4.69) is 4.98 Å². The molecule has 3 rings (SSSR count). The van der Waals surface area contributed by atoms with Crippen molar-refractivity contribution < 1.29 is 9.36 Å². The van der Waals surface area contributed by atoms with E-state index in [1.807, 2.05) is 47.3 Å². The Kier molecular flexibility index (Phi) is 2.34. The molecule has 0 fully saturated rings. The van der Waals surface area contributed by atoms with E-state index >= 15 is 0 Å². The molecule has 0 aliphatic heterocycles. The van der Waals surface area contributed by atoms with Crippen LogP contribution in [0.5, 0.6) is 0 Å². The van der Waals surface area contributed by atoms with E-state index in [0.29, 0.717) is 5.56 Å². The van der Waals surface area contributed by atoms with Crippen molar-refractivity contribution in [3.63, 3.8) is 0 Å². The van der Waals surface area contributed by atoms with Gasteiger partial charge in [0.25, 0.3) is 0 Å². The lowest BCUT2D eigenvalue weighted by Crippen LogP contribution is -2.28. The summed E-state index contributed by atoms with van der Waals surface area (Å²) in [6.45, 7) is 0. The number of nitrogens with one attached hydrogen (secondary N) is 1. The number of amides is 1. The van der Waals surface area contributed by atoms with Crippen LogP contribution in [-0.4, -0.2) is 10.9 Å². The highest BCUT2D eigenvalue weighted by Gasteiger charge is 2.13. The first kappa shape index (κ1) is 10.5. The average Bonchev–Trinajstić information content (AvgIpc) is 2.82. The predicted molar refractivity (Wildman–Crippen MR) is 68.3 cm³/mol. The van der Waals surface area contributed by atoms with Gasteiger partial charge in [-0.15, -0.1) is 0 Å². The third kappa shape index (κ3) is 1.64. The van der Waals surface area contributed by atoms with Gasteiger partial charge in [-0.1, -0.05) is 18.2 Å². The molecule has 4 nitrogen and oxygen atoms in total. The first-order valence-electron chi connectivity index (χ1n) is 5.64. The second-order valence-corrected chi connectivity index (χ2v) is 4.08. The molecule has 0 unspecified atom stereocenters. The number of fused-ring (bicyclic) bond motifs is 1. The van der Waals surface area contributed by atoms with E-state index in [1.54, 1.807) is 12.1 Å². The van der Waals surface area contributed by atoms with E-state index in [9.17, 15) is 4.79 Å². The second-order valence-electron chi connectivity index (χ2n) is 4.08. The molecule has 0 atom stereocenters. The molecule has 0 aliphatic carbocycles. The molecule has 3 N–H and O–H groups in total. The number of aromatic amines is 1. The van der Waals surface area contributed by atoms with Gasteiger partial charge in [0.2, 0.25) is 12.2 Å². The molecule has 0 bridgehead atoms. The maximum Gasteiger partial charge on any atom is 0.248 e. The first-order chi connectivity index (χ1) is 8.75. The molecule has 4 heteroatoms. The van der Waals surface area contributed by atoms with Crippen molar-refractivity contribution in [1.82, 2.24) is 4.98 Å². The number of primary amides is 1. The Bertz CT molecular complexity index is 716. The molecule has 3 aromatic rings. The Morgan fingerprint density at radius 2 is 1.89 bits per heavy atom. The number of carbonyl (C=O) groups is 1. The number of benzene rings is 2. The maximum atomic E-state index is 11.2. The van der Waals surface area contributed by atoms with Crippen LogP contribution in [0.15, 0.2) is 54.9 Å². The van der Waals surface area contributed by atoms with Gasteiger partial charge < -0.3 is 5.73 Å². The molecular formula is C14H12N3O+. The molecule has 1 aromatic heterocycles. The highest BCUT2D eigenvalue weighted by Crippen LogP contribution is 2.12. The molecule has 88 valence electrons. The molecule has 1 amide bonds. The third-order valence-electron chi connectivity index (χ3n) is 2.93. The number of aromatic nitrogens is 2. The predicted octanol–water partition coefficient (Wildman–Crippen LogP) is 1.54. The summed E-state index contributed by atoms with van der Waals surface area (Å²) >= 11 is 0. The Labute approximate surface area is 104 Å². The van der Waals surface area contributed by atoms with Crippen LogP contribution in [0.2, 0.25) is 0 Å². The number of nitrogens with two attached hydrogens (primary N) is 1. The van der Waals surface area contributed by atoms with Crippen molar-refractivity contribution in [3.05, 3.63) is 60.4 Å². The topological polar surface area (TPSA) is 62.8 Å². The number of imidazole rings is 1. The monoisotopic (exact) mass is 238 g/mol. The zero-order valence-corrected chi connectivity index (χ0v) is 9.63. The summed E-state index contributed by atoms with van der Waals surface area (Å²) in [5.74, 6) is -0.419. The van der Waals surface area contributed by atoms with Gasteiger partial charge in [-0.2, -0.15) is 4.57 Å². The molecule has 0 saturated heterocycles. The molecule has 0 radical (unpaired) electrons. The Morgan fingerprint density at radius 3 is 2.61 bits per heavy atom. The van der Waals surface area contributed by atoms with Crippen molar-refractivity contribution >= 4 is 16.9 Å². The minimum Gasteiger partial charge on any atom is -0.366 e. The van der Waals surface area contributed by atoms with Crippen molar-refractivity contribution in [2.45, 2.75) is 0 Å². The van der Waals surface area contributed by atoms with Crippen LogP contribution >= 0.6 is 0 Å². The zero-order valence-electron chi connectivity index (χ0n) is 9.63. The van der Waals surface area contributed by atoms with E-state index in [0.717, 1.165) is 16.7 Å². The molecule has 0 saturated carbocycles. The van der Waals surface area contributed by atoms with E-state index < -0.39 is 5.91 Å². The van der Waals surface area contributed by atoms with Gasteiger partial charge in [-0.3, -0.25) is 4.79 Å². The van der Waals surface area contributed by atoms with Gasteiger partial charge in [0.05, 0.1) is 0 Å². The number of para-hydroxylation sites is 1. The average molecular weight is 238 g/mol. The van der Waals surface area contributed by atoms with Gasteiger partial charge in [-0.25, -0.2) is 4.98 Å². The summed E-state index contributed by atoms with van der Waals surface area (Å²) in [4.78, 5) is 14.4. The van der Waals surface area contributed by atoms with Crippen LogP contribution in [0.4, 0.5) is 0 Å². The number of carbonyl (C=O) groups excluding carboxylic acids is 1. The Hall–Kier alpha value is -2.62. The number of H-pyrrole nitrogens is 1. The maximum absolute atomic E-state index is 11.2. The summed E-state index contributed by atoms with van der Waals surface area (Å²) in [5, 5.41) is 0. The van der Waals surface area contributed by atoms with Gasteiger partial charge in [-0.05, 0) is 24.3 Å². The SMILES string of the molecule is NC(=O)c1ccc2[nH]c[n+](-c3ccccc3)c2c1. The minimum absolute atomic E-state index is 0.419.